The number of urea groups is 1. The maximum Gasteiger partial charge on any atom is 0.315 e. The fourth-order valence-electron chi connectivity index (χ4n) is 2.55. The first-order chi connectivity index (χ1) is 11.8. The van der Waals surface area contributed by atoms with E-state index < -0.39 is 0 Å². The first kappa shape index (κ1) is 18.5. The molecule has 0 radical (unpaired) electrons. The standard InChI is InChI=1S/C20H25N3O2/c1-13-8-10-17(11-9-13)14(2)21-20(25)22-15(3)18-6-5-7-19(12-18)23-16(4)24/h5-12,14-15H,1-4H3,(H,23,24)(H2,21,22,25). The number of amides is 3. The van der Waals surface area contributed by atoms with Gasteiger partial charge in [-0.3, -0.25) is 4.79 Å². The molecule has 3 amide bonds. The molecule has 0 saturated carbocycles. The number of benzene rings is 2. The van der Waals surface area contributed by atoms with Crippen LogP contribution in [0.5, 0.6) is 0 Å². The molecule has 0 aromatic heterocycles. The summed E-state index contributed by atoms with van der Waals surface area (Å²) in [5.74, 6) is -0.123. The van der Waals surface area contributed by atoms with Crippen molar-refractivity contribution in [2.75, 3.05) is 5.32 Å². The molecule has 2 aromatic carbocycles. The zero-order chi connectivity index (χ0) is 18.4. The van der Waals surface area contributed by atoms with Crippen molar-refractivity contribution in [3.63, 3.8) is 0 Å². The number of hydrogen-bond acceptors (Lipinski definition) is 2. The van der Waals surface area contributed by atoms with Crippen LogP contribution in [-0.4, -0.2) is 11.9 Å². The summed E-state index contributed by atoms with van der Waals surface area (Å²) in [5.41, 5.74) is 3.88. The van der Waals surface area contributed by atoms with Crippen molar-refractivity contribution in [2.24, 2.45) is 0 Å². The summed E-state index contributed by atoms with van der Waals surface area (Å²) in [7, 11) is 0. The third-order valence-electron chi connectivity index (χ3n) is 3.98. The van der Waals surface area contributed by atoms with Crippen LogP contribution in [-0.2, 0) is 4.79 Å². The number of hydrogen-bond donors (Lipinski definition) is 3. The van der Waals surface area contributed by atoms with Gasteiger partial charge in [-0.25, -0.2) is 4.79 Å². The second kappa shape index (κ2) is 8.33. The predicted octanol–water partition coefficient (Wildman–Crippen LogP) is 4.07. The van der Waals surface area contributed by atoms with Crippen LogP contribution in [0.25, 0.3) is 0 Å². The second-order valence-electron chi connectivity index (χ2n) is 6.28. The van der Waals surface area contributed by atoms with Crippen LogP contribution in [0.2, 0.25) is 0 Å². The Morgan fingerprint density at radius 2 is 1.48 bits per heavy atom. The lowest BCUT2D eigenvalue weighted by atomic mass is 10.1. The maximum atomic E-state index is 12.2. The summed E-state index contributed by atoms with van der Waals surface area (Å²) in [5, 5.41) is 8.61. The van der Waals surface area contributed by atoms with Crippen molar-refractivity contribution in [1.29, 1.82) is 0 Å². The SMILES string of the molecule is CC(=O)Nc1cccc(C(C)NC(=O)NC(C)c2ccc(C)cc2)c1. The normalized spacial score (nSPS) is 12.8. The highest BCUT2D eigenvalue weighted by Crippen LogP contribution is 2.18. The fourth-order valence-corrected chi connectivity index (χ4v) is 2.55. The molecule has 0 aliphatic carbocycles. The van der Waals surface area contributed by atoms with Gasteiger partial charge >= 0.3 is 6.03 Å². The molecule has 2 aromatic rings. The summed E-state index contributed by atoms with van der Waals surface area (Å²) >= 11 is 0. The van der Waals surface area contributed by atoms with Gasteiger partial charge in [-0.2, -0.15) is 0 Å². The van der Waals surface area contributed by atoms with Gasteiger partial charge in [-0.05, 0) is 44.0 Å². The molecular formula is C20H25N3O2. The number of carbonyl (C=O) groups is 2. The molecule has 0 spiro atoms. The van der Waals surface area contributed by atoms with E-state index in [0.29, 0.717) is 5.69 Å². The van der Waals surface area contributed by atoms with Gasteiger partial charge < -0.3 is 16.0 Å². The Kier molecular flexibility index (Phi) is 6.17. The Balaban J connectivity index is 1.95. The van der Waals surface area contributed by atoms with Gasteiger partial charge in [-0.15, -0.1) is 0 Å². The van der Waals surface area contributed by atoms with Crippen LogP contribution in [0.3, 0.4) is 0 Å². The van der Waals surface area contributed by atoms with Crippen LogP contribution >= 0.6 is 0 Å². The first-order valence-electron chi connectivity index (χ1n) is 8.36. The number of nitrogens with one attached hydrogen (secondary N) is 3. The summed E-state index contributed by atoms with van der Waals surface area (Å²) in [6, 6.07) is 15.0. The molecule has 5 nitrogen and oxygen atoms in total. The Labute approximate surface area is 148 Å². The molecule has 25 heavy (non-hydrogen) atoms. The first-order valence-corrected chi connectivity index (χ1v) is 8.36. The van der Waals surface area contributed by atoms with Crippen LogP contribution < -0.4 is 16.0 Å². The number of aryl methyl sites for hydroxylation is 1. The van der Waals surface area contributed by atoms with E-state index in [2.05, 4.69) is 16.0 Å². The molecule has 0 saturated heterocycles. The lowest BCUT2D eigenvalue weighted by Crippen LogP contribution is -2.38. The third-order valence-corrected chi connectivity index (χ3v) is 3.98. The van der Waals surface area contributed by atoms with Crippen LogP contribution in [0, 0.1) is 6.92 Å². The van der Waals surface area contributed by atoms with E-state index in [-0.39, 0.29) is 24.0 Å². The van der Waals surface area contributed by atoms with Crippen LogP contribution in [0.1, 0.15) is 49.5 Å². The molecule has 0 heterocycles. The number of rotatable bonds is 5. The highest BCUT2D eigenvalue weighted by Gasteiger charge is 2.13. The minimum Gasteiger partial charge on any atom is -0.332 e. The van der Waals surface area contributed by atoms with Crippen molar-refractivity contribution in [3.05, 3.63) is 65.2 Å². The zero-order valence-corrected chi connectivity index (χ0v) is 15.1. The minimum absolute atomic E-state index is 0.0847. The van der Waals surface area contributed by atoms with Gasteiger partial charge in [0, 0.05) is 12.6 Å². The Bertz CT molecular complexity index is 741. The summed E-state index contributed by atoms with van der Waals surface area (Å²) in [4.78, 5) is 23.4. The number of carbonyl (C=O) groups excluding carboxylic acids is 2. The fraction of sp³-hybridized carbons (Fsp3) is 0.300. The zero-order valence-electron chi connectivity index (χ0n) is 15.1. The van der Waals surface area contributed by atoms with Gasteiger partial charge in [0.2, 0.25) is 5.91 Å². The molecule has 2 unspecified atom stereocenters. The van der Waals surface area contributed by atoms with Gasteiger partial charge in [0.1, 0.15) is 0 Å². The van der Waals surface area contributed by atoms with Crippen LogP contribution in [0.4, 0.5) is 10.5 Å². The highest BCUT2D eigenvalue weighted by molar-refractivity contribution is 5.88. The van der Waals surface area contributed by atoms with E-state index >= 15 is 0 Å². The van der Waals surface area contributed by atoms with Gasteiger partial charge in [0.05, 0.1) is 12.1 Å². The van der Waals surface area contributed by atoms with Gasteiger partial charge in [0.25, 0.3) is 0 Å². The maximum absolute atomic E-state index is 12.2. The van der Waals surface area contributed by atoms with E-state index in [0.717, 1.165) is 11.1 Å². The van der Waals surface area contributed by atoms with Crippen molar-refractivity contribution >= 4 is 17.6 Å². The van der Waals surface area contributed by atoms with E-state index in [9.17, 15) is 9.59 Å². The van der Waals surface area contributed by atoms with Gasteiger partial charge in [-0.1, -0.05) is 42.0 Å². The minimum atomic E-state index is -0.231. The van der Waals surface area contributed by atoms with E-state index in [1.165, 1.54) is 12.5 Å². The number of anilines is 1. The molecule has 0 aliphatic heterocycles. The van der Waals surface area contributed by atoms with Crippen molar-refractivity contribution in [3.8, 4) is 0 Å². The third kappa shape index (κ3) is 5.64. The van der Waals surface area contributed by atoms with E-state index in [1.807, 2.05) is 69.3 Å². The highest BCUT2D eigenvalue weighted by atomic mass is 16.2. The molecule has 0 bridgehead atoms. The molecule has 0 aliphatic rings. The molecular weight excluding hydrogens is 314 g/mol. The van der Waals surface area contributed by atoms with Crippen molar-refractivity contribution in [1.82, 2.24) is 10.6 Å². The quantitative estimate of drug-likeness (QED) is 0.768. The van der Waals surface area contributed by atoms with Gasteiger partial charge in [0.15, 0.2) is 0 Å². The van der Waals surface area contributed by atoms with Crippen LogP contribution in [0.15, 0.2) is 48.5 Å². The monoisotopic (exact) mass is 339 g/mol. The topological polar surface area (TPSA) is 70.2 Å². The molecule has 2 rings (SSSR count). The smallest absolute Gasteiger partial charge is 0.315 e. The Morgan fingerprint density at radius 1 is 0.880 bits per heavy atom. The second-order valence-corrected chi connectivity index (χ2v) is 6.28. The average molecular weight is 339 g/mol. The lowest BCUT2D eigenvalue weighted by Gasteiger charge is -2.19. The molecule has 3 N–H and O–H groups in total. The van der Waals surface area contributed by atoms with Crippen molar-refractivity contribution in [2.45, 2.75) is 39.8 Å². The van der Waals surface area contributed by atoms with E-state index in [4.69, 9.17) is 0 Å². The Hall–Kier alpha value is -2.82. The van der Waals surface area contributed by atoms with E-state index in [1.54, 1.807) is 0 Å². The summed E-state index contributed by atoms with van der Waals surface area (Å²) in [6.45, 7) is 7.36. The molecule has 2 atom stereocenters. The molecule has 5 heteroatoms. The molecule has 0 fully saturated rings. The lowest BCUT2D eigenvalue weighted by molar-refractivity contribution is -0.114. The Morgan fingerprint density at radius 3 is 2.08 bits per heavy atom. The largest absolute Gasteiger partial charge is 0.332 e. The summed E-state index contributed by atoms with van der Waals surface area (Å²) in [6.07, 6.45) is 0. The average Bonchev–Trinajstić information content (AvgIpc) is 2.54. The summed E-state index contributed by atoms with van der Waals surface area (Å²) < 4.78 is 0. The predicted molar refractivity (Wildman–Crippen MR) is 100 cm³/mol. The molecule has 132 valence electrons. The van der Waals surface area contributed by atoms with Crippen molar-refractivity contribution < 1.29 is 9.59 Å².